The van der Waals surface area contributed by atoms with Crippen molar-refractivity contribution in [3.05, 3.63) is 32.2 Å². The molecule has 0 unspecified atom stereocenters. The second-order valence-electron chi connectivity index (χ2n) is 2.52. The van der Waals surface area contributed by atoms with Gasteiger partial charge in [0.25, 0.3) is 0 Å². The van der Waals surface area contributed by atoms with Crippen LogP contribution in [0.25, 0.3) is 0 Å². The van der Waals surface area contributed by atoms with Crippen molar-refractivity contribution in [3.63, 3.8) is 0 Å². The van der Waals surface area contributed by atoms with Crippen molar-refractivity contribution in [1.29, 1.82) is 0 Å². The lowest BCUT2D eigenvalue weighted by Gasteiger charge is -2.05. The normalized spacial score (nSPS) is 10.3. The Labute approximate surface area is 95.2 Å². The van der Waals surface area contributed by atoms with Crippen LogP contribution in [0.4, 0.5) is 8.78 Å². The molecule has 0 fully saturated rings. The molecule has 0 heterocycles. The Balaban J connectivity index is 3.29. The molecule has 0 spiro atoms. The SMILES string of the molecule is O=C(O)Cc1c(F)cc(Br)c(Br)c1F. The van der Waals surface area contributed by atoms with Crippen molar-refractivity contribution in [1.82, 2.24) is 0 Å². The van der Waals surface area contributed by atoms with Crippen LogP contribution in [0.5, 0.6) is 0 Å². The highest BCUT2D eigenvalue weighted by Gasteiger charge is 2.17. The molecule has 1 aromatic rings. The lowest BCUT2D eigenvalue weighted by atomic mass is 10.1. The number of carboxylic acid groups (broad SMARTS) is 1. The van der Waals surface area contributed by atoms with E-state index in [1.165, 1.54) is 0 Å². The highest BCUT2D eigenvalue weighted by atomic mass is 79.9. The van der Waals surface area contributed by atoms with Crippen LogP contribution in [0.15, 0.2) is 15.0 Å². The first-order valence-corrected chi connectivity index (χ1v) is 5.05. The van der Waals surface area contributed by atoms with Crippen molar-refractivity contribution < 1.29 is 18.7 Å². The molecule has 1 N–H and O–H groups in total. The predicted molar refractivity (Wildman–Crippen MR) is 53.1 cm³/mol. The molecule has 0 bridgehead atoms. The van der Waals surface area contributed by atoms with Crippen LogP contribution in [-0.2, 0) is 11.2 Å². The first-order valence-electron chi connectivity index (χ1n) is 3.47. The van der Waals surface area contributed by atoms with E-state index in [0.29, 0.717) is 0 Å². The summed E-state index contributed by atoms with van der Waals surface area (Å²) in [4.78, 5) is 10.3. The van der Waals surface area contributed by atoms with E-state index in [1.54, 1.807) is 0 Å². The van der Waals surface area contributed by atoms with Crippen LogP contribution in [0.3, 0.4) is 0 Å². The molecule has 0 radical (unpaired) electrons. The van der Waals surface area contributed by atoms with Crippen LogP contribution in [0, 0.1) is 11.6 Å². The second-order valence-corrected chi connectivity index (χ2v) is 4.16. The molecule has 0 aromatic heterocycles. The zero-order valence-electron chi connectivity index (χ0n) is 6.65. The first-order chi connectivity index (χ1) is 6.43. The topological polar surface area (TPSA) is 37.3 Å². The number of hydrogen-bond acceptors (Lipinski definition) is 1. The zero-order valence-corrected chi connectivity index (χ0v) is 9.82. The molecule has 0 aliphatic rings. The van der Waals surface area contributed by atoms with Gasteiger partial charge in [0.1, 0.15) is 11.6 Å². The van der Waals surface area contributed by atoms with Crippen molar-refractivity contribution in [3.8, 4) is 0 Å². The number of hydrogen-bond donors (Lipinski definition) is 1. The van der Waals surface area contributed by atoms with Gasteiger partial charge in [0, 0.05) is 10.0 Å². The molecule has 0 amide bonds. The summed E-state index contributed by atoms with van der Waals surface area (Å²) in [5.41, 5.74) is -0.451. The van der Waals surface area contributed by atoms with E-state index in [0.717, 1.165) is 6.07 Å². The standard InChI is InChI=1S/C8H4Br2F2O2/c9-4-2-5(11)3(1-6(13)14)8(12)7(4)10/h2H,1H2,(H,13,14). The van der Waals surface area contributed by atoms with Gasteiger partial charge in [0.05, 0.1) is 10.9 Å². The minimum atomic E-state index is -1.28. The van der Waals surface area contributed by atoms with Crippen LogP contribution in [-0.4, -0.2) is 11.1 Å². The molecule has 14 heavy (non-hydrogen) atoms. The van der Waals surface area contributed by atoms with Crippen molar-refractivity contribution in [2.24, 2.45) is 0 Å². The fraction of sp³-hybridized carbons (Fsp3) is 0.125. The van der Waals surface area contributed by atoms with Gasteiger partial charge < -0.3 is 5.11 Å². The number of halogens is 4. The summed E-state index contributed by atoms with van der Waals surface area (Å²) in [6.45, 7) is 0. The summed E-state index contributed by atoms with van der Waals surface area (Å²) in [6.07, 6.45) is -0.677. The molecular formula is C8H4Br2F2O2. The van der Waals surface area contributed by atoms with Gasteiger partial charge in [0.2, 0.25) is 0 Å². The van der Waals surface area contributed by atoms with Crippen molar-refractivity contribution in [2.75, 3.05) is 0 Å². The van der Waals surface area contributed by atoms with Crippen molar-refractivity contribution >= 4 is 37.8 Å². The molecule has 6 heteroatoms. The number of benzene rings is 1. The molecule has 0 atom stereocenters. The van der Waals surface area contributed by atoms with Gasteiger partial charge in [-0.05, 0) is 37.9 Å². The van der Waals surface area contributed by atoms with E-state index >= 15 is 0 Å². The maximum Gasteiger partial charge on any atom is 0.308 e. The summed E-state index contributed by atoms with van der Waals surface area (Å²) >= 11 is 5.80. The highest BCUT2D eigenvalue weighted by Crippen LogP contribution is 2.30. The Morgan fingerprint density at radius 3 is 2.50 bits per heavy atom. The smallest absolute Gasteiger partial charge is 0.308 e. The van der Waals surface area contributed by atoms with Gasteiger partial charge in [0.15, 0.2) is 0 Å². The van der Waals surface area contributed by atoms with E-state index < -0.39 is 29.6 Å². The second kappa shape index (κ2) is 4.35. The summed E-state index contributed by atoms with van der Waals surface area (Å²) in [5.74, 6) is -3.05. The average Bonchev–Trinajstić information content (AvgIpc) is 2.09. The molecular weight excluding hydrogens is 326 g/mol. The first kappa shape index (κ1) is 11.6. The van der Waals surface area contributed by atoms with Crippen molar-refractivity contribution in [2.45, 2.75) is 6.42 Å². The molecule has 2 nitrogen and oxygen atoms in total. The quantitative estimate of drug-likeness (QED) is 0.668. The van der Waals surface area contributed by atoms with Gasteiger partial charge in [-0.15, -0.1) is 0 Å². The zero-order chi connectivity index (χ0) is 10.9. The summed E-state index contributed by atoms with van der Waals surface area (Å²) < 4.78 is 26.6. The molecule has 1 aromatic carbocycles. The largest absolute Gasteiger partial charge is 0.481 e. The van der Waals surface area contributed by atoms with E-state index in [4.69, 9.17) is 5.11 Å². The third-order valence-corrected chi connectivity index (χ3v) is 3.47. The summed E-state index contributed by atoms with van der Waals surface area (Å²) in [5, 5.41) is 8.42. The number of carboxylic acids is 1. The van der Waals surface area contributed by atoms with Gasteiger partial charge in [-0.3, -0.25) is 4.79 Å². The minimum absolute atomic E-state index is 0.0233. The molecule has 0 aliphatic carbocycles. The summed E-state index contributed by atoms with van der Waals surface area (Å²) in [7, 11) is 0. The Morgan fingerprint density at radius 1 is 1.43 bits per heavy atom. The van der Waals surface area contributed by atoms with Crippen LogP contribution >= 0.6 is 31.9 Å². The van der Waals surface area contributed by atoms with Gasteiger partial charge in [-0.2, -0.15) is 0 Å². The van der Waals surface area contributed by atoms with E-state index in [9.17, 15) is 13.6 Å². The number of aliphatic carboxylic acids is 1. The maximum absolute atomic E-state index is 13.3. The monoisotopic (exact) mass is 328 g/mol. The highest BCUT2D eigenvalue weighted by molar-refractivity contribution is 9.13. The molecule has 0 saturated heterocycles. The molecule has 76 valence electrons. The maximum atomic E-state index is 13.3. The average molecular weight is 330 g/mol. The predicted octanol–water partition coefficient (Wildman–Crippen LogP) is 3.12. The van der Waals surface area contributed by atoms with Gasteiger partial charge in [-0.25, -0.2) is 8.78 Å². The molecule has 1 rings (SSSR count). The fourth-order valence-corrected chi connectivity index (χ4v) is 1.65. The third kappa shape index (κ3) is 2.30. The van der Waals surface area contributed by atoms with E-state index in [2.05, 4.69) is 31.9 Å². The molecule has 0 aliphatic heterocycles. The molecule has 0 saturated carbocycles. The van der Waals surface area contributed by atoms with E-state index in [-0.39, 0.29) is 8.95 Å². The minimum Gasteiger partial charge on any atom is -0.481 e. The van der Waals surface area contributed by atoms with Crippen LogP contribution in [0.2, 0.25) is 0 Å². The fourth-order valence-electron chi connectivity index (χ4n) is 0.917. The van der Waals surface area contributed by atoms with E-state index in [1.807, 2.05) is 0 Å². The Morgan fingerprint density at radius 2 is 2.00 bits per heavy atom. The van der Waals surface area contributed by atoms with Crippen LogP contribution < -0.4 is 0 Å². The third-order valence-electron chi connectivity index (χ3n) is 1.54. The lowest BCUT2D eigenvalue weighted by Crippen LogP contribution is -2.06. The number of rotatable bonds is 2. The Kier molecular flexibility index (Phi) is 3.60. The van der Waals surface area contributed by atoms with Crippen LogP contribution in [0.1, 0.15) is 5.56 Å². The summed E-state index contributed by atoms with van der Waals surface area (Å²) in [6, 6.07) is 1.02. The van der Waals surface area contributed by atoms with Gasteiger partial charge in [-0.1, -0.05) is 0 Å². The Bertz CT molecular complexity index is 393. The Hall–Kier alpha value is -0.490. The van der Waals surface area contributed by atoms with Gasteiger partial charge >= 0.3 is 5.97 Å². The number of carbonyl (C=O) groups is 1. The lowest BCUT2D eigenvalue weighted by molar-refractivity contribution is -0.136.